The number of hydrogen-bond donors (Lipinski definition) is 2. The van der Waals surface area contributed by atoms with Crippen LogP contribution in [0.4, 0.5) is 0 Å². The molecule has 0 aliphatic heterocycles. The molecule has 0 radical (unpaired) electrons. The SMILES string of the molecule is O=C(O)C(Cc1cnsn1)NCc1ccc(Cl)cc1Cl. The van der Waals surface area contributed by atoms with Crippen LogP contribution < -0.4 is 5.32 Å². The molecule has 2 aromatic rings. The molecule has 2 rings (SSSR count). The van der Waals surface area contributed by atoms with Gasteiger partial charge in [0.15, 0.2) is 0 Å². The molecule has 8 heteroatoms. The van der Waals surface area contributed by atoms with Crippen LogP contribution in [0.5, 0.6) is 0 Å². The van der Waals surface area contributed by atoms with Crippen LogP contribution in [0.15, 0.2) is 24.4 Å². The van der Waals surface area contributed by atoms with Gasteiger partial charge >= 0.3 is 5.97 Å². The minimum atomic E-state index is -0.942. The number of carboxylic acids is 1. The number of hydrogen-bond acceptors (Lipinski definition) is 5. The monoisotopic (exact) mass is 331 g/mol. The Kier molecular flexibility index (Phi) is 5.31. The maximum Gasteiger partial charge on any atom is 0.321 e. The molecule has 0 aliphatic rings. The Labute approximate surface area is 129 Å². The van der Waals surface area contributed by atoms with Gasteiger partial charge in [0.1, 0.15) is 6.04 Å². The zero-order valence-corrected chi connectivity index (χ0v) is 12.5. The maximum atomic E-state index is 11.2. The first kappa shape index (κ1) is 15.2. The Morgan fingerprint density at radius 2 is 2.25 bits per heavy atom. The van der Waals surface area contributed by atoms with E-state index in [9.17, 15) is 9.90 Å². The number of aliphatic carboxylic acids is 1. The first-order valence-corrected chi connectivity index (χ1v) is 7.21. The van der Waals surface area contributed by atoms with Gasteiger partial charge in [0, 0.05) is 23.0 Å². The molecule has 0 saturated carbocycles. The van der Waals surface area contributed by atoms with Crippen LogP contribution in [-0.4, -0.2) is 25.9 Å². The minimum Gasteiger partial charge on any atom is -0.480 e. The highest BCUT2D eigenvalue weighted by Crippen LogP contribution is 2.20. The zero-order valence-electron chi connectivity index (χ0n) is 10.2. The lowest BCUT2D eigenvalue weighted by Crippen LogP contribution is -2.38. The number of halogens is 2. The van der Waals surface area contributed by atoms with E-state index < -0.39 is 12.0 Å². The molecule has 0 amide bonds. The third kappa shape index (κ3) is 4.14. The highest BCUT2D eigenvalue weighted by Gasteiger charge is 2.19. The third-order valence-corrected chi connectivity index (χ3v) is 3.78. The summed E-state index contributed by atoms with van der Waals surface area (Å²) in [4.78, 5) is 11.2. The smallest absolute Gasteiger partial charge is 0.321 e. The van der Waals surface area contributed by atoms with Crippen LogP contribution in [0, 0.1) is 0 Å². The van der Waals surface area contributed by atoms with Gasteiger partial charge < -0.3 is 5.11 Å². The molecule has 5 nitrogen and oxygen atoms in total. The van der Waals surface area contributed by atoms with E-state index in [0.717, 1.165) is 17.3 Å². The number of carboxylic acid groups (broad SMARTS) is 1. The fraction of sp³-hybridized carbons (Fsp3) is 0.250. The highest BCUT2D eigenvalue weighted by molar-refractivity contribution is 6.99. The minimum absolute atomic E-state index is 0.275. The first-order chi connectivity index (χ1) is 9.56. The Bertz CT molecular complexity index is 592. The summed E-state index contributed by atoms with van der Waals surface area (Å²) < 4.78 is 7.86. The molecule has 0 fully saturated rings. The predicted octanol–water partition coefficient (Wildman–Crippen LogP) is 2.63. The Morgan fingerprint density at radius 3 is 2.85 bits per heavy atom. The molecule has 1 aromatic carbocycles. The van der Waals surface area contributed by atoms with Gasteiger partial charge in [-0.2, -0.15) is 8.75 Å². The molecular formula is C12H11Cl2N3O2S. The van der Waals surface area contributed by atoms with E-state index >= 15 is 0 Å². The molecule has 1 unspecified atom stereocenters. The number of aromatic nitrogens is 2. The van der Waals surface area contributed by atoms with Crippen LogP contribution in [-0.2, 0) is 17.8 Å². The summed E-state index contributed by atoms with van der Waals surface area (Å²) in [5, 5.41) is 13.2. The summed E-state index contributed by atoms with van der Waals surface area (Å²) in [7, 11) is 0. The molecule has 0 aliphatic carbocycles. The van der Waals surface area contributed by atoms with Crippen LogP contribution >= 0.6 is 34.9 Å². The van der Waals surface area contributed by atoms with Crippen molar-refractivity contribution >= 4 is 40.9 Å². The molecular weight excluding hydrogens is 321 g/mol. The largest absolute Gasteiger partial charge is 0.480 e. The van der Waals surface area contributed by atoms with E-state index in [0.29, 0.717) is 22.3 Å². The normalized spacial score (nSPS) is 12.3. The van der Waals surface area contributed by atoms with Crippen LogP contribution in [0.1, 0.15) is 11.3 Å². The lowest BCUT2D eigenvalue weighted by molar-refractivity contribution is -0.139. The highest BCUT2D eigenvalue weighted by atomic mass is 35.5. The topological polar surface area (TPSA) is 75.1 Å². The van der Waals surface area contributed by atoms with Crippen molar-refractivity contribution in [2.75, 3.05) is 0 Å². The Balaban J connectivity index is 2.00. The molecule has 2 N–H and O–H groups in total. The van der Waals surface area contributed by atoms with Crippen molar-refractivity contribution < 1.29 is 9.90 Å². The van der Waals surface area contributed by atoms with E-state index in [4.69, 9.17) is 23.2 Å². The summed E-state index contributed by atoms with van der Waals surface area (Å²) in [6.07, 6.45) is 1.84. The molecule has 20 heavy (non-hydrogen) atoms. The van der Waals surface area contributed by atoms with Crippen molar-refractivity contribution in [2.45, 2.75) is 19.0 Å². The van der Waals surface area contributed by atoms with Crippen LogP contribution in [0.3, 0.4) is 0 Å². The lowest BCUT2D eigenvalue weighted by Gasteiger charge is -2.14. The van der Waals surface area contributed by atoms with Crippen LogP contribution in [0.2, 0.25) is 10.0 Å². The number of rotatable bonds is 6. The summed E-state index contributed by atoms with van der Waals surface area (Å²) in [6, 6.07) is 4.36. The quantitative estimate of drug-likeness (QED) is 0.851. The first-order valence-electron chi connectivity index (χ1n) is 5.73. The van der Waals surface area contributed by atoms with E-state index in [2.05, 4.69) is 14.1 Å². The number of nitrogens with one attached hydrogen (secondary N) is 1. The standard InChI is InChI=1S/C12H11Cl2N3O2S/c13-8-2-1-7(10(14)3-8)5-15-11(12(18)19)4-9-6-16-20-17-9/h1-3,6,11,15H,4-5H2,(H,18,19). The second kappa shape index (κ2) is 6.99. The molecule has 1 atom stereocenters. The van der Waals surface area contributed by atoms with Gasteiger partial charge in [-0.3, -0.25) is 10.1 Å². The summed E-state index contributed by atoms with van der Waals surface area (Å²) in [6.45, 7) is 0.338. The van der Waals surface area contributed by atoms with E-state index in [1.54, 1.807) is 24.4 Å². The molecule has 0 saturated heterocycles. The van der Waals surface area contributed by atoms with Gasteiger partial charge in [0.25, 0.3) is 0 Å². The van der Waals surface area contributed by atoms with E-state index in [1.807, 2.05) is 0 Å². The molecule has 0 spiro atoms. The van der Waals surface area contributed by atoms with Gasteiger partial charge in [0.2, 0.25) is 0 Å². The average molecular weight is 332 g/mol. The van der Waals surface area contributed by atoms with Crippen molar-refractivity contribution in [3.8, 4) is 0 Å². The second-order valence-corrected chi connectivity index (χ2v) is 5.51. The predicted molar refractivity (Wildman–Crippen MR) is 78.3 cm³/mol. The van der Waals surface area contributed by atoms with Crippen LogP contribution in [0.25, 0.3) is 0 Å². The van der Waals surface area contributed by atoms with Gasteiger partial charge in [-0.1, -0.05) is 29.3 Å². The van der Waals surface area contributed by atoms with Crippen molar-refractivity contribution in [2.24, 2.45) is 0 Å². The summed E-state index contributed by atoms with van der Waals surface area (Å²) in [5.41, 5.74) is 1.44. The second-order valence-electron chi connectivity index (χ2n) is 4.11. The number of nitrogens with zero attached hydrogens (tertiary/aromatic N) is 2. The number of carbonyl (C=O) groups is 1. The van der Waals surface area contributed by atoms with Crippen molar-refractivity contribution in [3.63, 3.8) is 0 Å². The van der Waals surface area contributed by atoms with Gasteiger partial charge in [-0.05, 0) is 17.7 Å². The van der Waals surface area contributed by atoms with Gasteiger partial charge in [-0.25, -0.2) is 0 Å². The Morgan fingerprint density at radius 1 is 1.45 bits per heavy atom. The van der Waals surface area contributed by atoms with E-state index in [-0.39, 0.29) is 6.42 Å². The zero-order chi connectivity index (χ0) is 14.5. The summed E-state index contributed by atoms with van der Waals surface area (Å²) >= 11 is 12.9. The van der Waals surface area contributed by atoms with Gasteiger partial charge in [-0.15, -0.1) is 0 Å². The van der Waals surface area contributed by atoms with E-state index in [1.165, 1.54) is 0 Å². The number of benzene rings is 1. The maximum absolute atomic E-state index is 11.2. The third-order valence-electron chi connectivity index (χ3n) is 2.67. The molecule has 1 heterocycles. The lowest BCUT2D eigenvalue weighted by atomic mass is 10.1. The van der Waals surface area contributed by atoms with Crippen molar-refractivity contribution in [1.82, 2.24) is 14.1 Å². The molecule has 106 valence electrons. The van der Waals surface area contributed by atoms with Crippen molar-refractivity contribution in [3.05, 3.63) is 45.7 Å². The van der Waals surface area contributed by atoms with Crippen molar-refractivity contribution in [1.29, 1.82) is 0 Å². The Hall–Kier alpha value is -1.21. The fourth-order valence-corrected chi connectivity index (χ4v) is 2.55. The molecule has 0 bridgehead atoms. The average Bonchev–Trinajstić information content (AvgIpc) is 2.88. The molecule has 1 aromatic heterocycles. The fourth-order valence-electron chi connectivity index (χ4n) is 1.63. The summed E-state index contributed by atoms with van der Waals surface area (Å²) in [5.74, 6) is -0.942. The van der Waals surface area contributed by atoms with Gasteiger partial charge in [0.05, 0.1) is 23.6 Å².